The number of carbonyl (C=O) groups is 2. The fourth-order valence-corrected chi connectivity index (χ4v) is 2.43. The molecule has 0 bridgehead atoms. The van der Waals surface area contributed by atoms with E-state index in [1.165, 1.54) is 4.90 Å². The highest BCUT2D eigenvalue weighted by Crippen LogP contribution is 2.20. The lowest BCUT2D eigenvalue weighted by atomic mass is 10.2. The summed E-state index contributed by atoms with van der Waals surface area (Å²) in [7, 11) is 0. The molecule has 2 aromatic carbocycles. The van der Waals surface area contributed by atoms with Gasteiger partial charge in [-0.2, -0.15) is 0 Å². The van der Waals surface area contributed by atoms with Gasteiger partial charge in [0.05, 0.1) is 6.61 Å². The van der Waals surface area contributed by atoms with Crippen molar-refractivity contribution in [2.45, 2.75) is 6.92 Å². The molecule has 0 fully saturated rings. The molecule has 0 unspecified atom stereocenters. The number of aromatic nitrogens is 2. The number of carbonyl (C=O) groups excluding carboxylic acids is 2. The van der Waals surface area contributed by atoms with Crippen molar-refractivity contribution in [2.75, 3.05) is 24.7 Å². The number of nitrogens with zero attached hydrogens (tertiary/aromatic N) is 3. The second kappa shape index (κ2) is 9.31. The summed E-state index contributed by atoms with van der Waals surface area (Å²) in [6.07, 6.45) is -0.128. The maximum Gasteiger partial charge on any atom is 0.415 e. The van der Waals surface area contributed by atoms with E-state index < -0.39 is 11.9 Å². The SMILES string of the molecule is CCOC(=O)CN(C(=O)COc1nnc(-c2ccccc2)o1)c1ccccc1. The molecule has 0 saturated carbocycles. The molecule has 8 nitrogen and oxygen atoms in total. The van der Waals surface area contributed by atoms with Crippen LogP contribution in [0.15, 0.2) is 65.1 Å². The average Bonchev–Trinajstić information content (AvgIpc) is 3.21. The van der Waals surface area contributed by atoms with Crippen LogP contribution in [0.3, 0.4) is 0 Å². The number of anilines is 1. The van der Waals surface area contributed by atoms with E-state index in [9.17, 15) is 9.59 Å². The Labute approximate surface area is 161 Å². The summed E-state index contributed by atoms with van der Waals surface area (Å²) in [5.74, 6) is -0.669. The van der Waals surface area contributed by atoms with E-state index in [1.54, 1.807) is 31.2 Å². The number of rotatable bonds is 8. The fraction of sp³-hybridized carbons (Fsp3) is 0.200. The molecule has 0 aliphatic carbocycles. The monoisotopic (exact) mass is 381 g/mol. The topological polar surface area (TPSA) is 94.8 Å². The van der Waals surface area contributed by atoms with Crippen LogP contribution in [0, 0.1) is 0 Å². The minimum absolute atomic E-state index is 0.128. The Morgan fingerprint density at radius 3 is 2.36 bits per heavy atom. The van der Waals surface area contributed by atoms with Gasteiger partial charge in [-0.05, 0) is 31.2 Å². The Balaban J connectivity index is 1.67. The first-order chi connectivity index (χ1) is 13.7. The standard InChI is InChI=1S/C20H19N3O5/c1-2-26-18(25)13-23(16-11-7-4-8-12-16)17(24)14-27-20-22-21-19(28-20)15-9-5-3-6-10-15/h3-12H,2,13-14H2,1H3. The van der Waals surface area contributed by atoms with Gasteiger partial charge in [-0.25, -0.2) is 0 Å². The van der Waals surface area contributed by atoms with Crippen LogP contribution in [-0.4, -0.2) is 41.8 Å². The molecule has 0 aliphatic rings. The molecule has 144 valence electrons. The largest absolute Gasteiger partial charge is 0.465 e. The molecule has 0 saturated heterocycles. The number of amides is 1. The van der Waals surface area contributed by atoms with Gasteiger partial charge in [-0.3, -0.25) is 14.5 Å². The number of hydrogen-bond donors (Lipinski definition) is 0. The van der Waals surface area contributed by atoms with E-state index >= 15 is 0 Å². The lowest BCUT2D eigenvalue weighted by Crippen LogP contribution is -2.39. The third kappa shape index (κ3) is 4.94. The highest BCUT2D eigenvalue weighted by molar-refractivity contribution is 5.98. The van der Waals surface area contributed by atoms with Gasteiger partial charge in [0, 0.05) is 11.3 Å². The Morgan fingerprint density at radius 1 is 1.00 bits per heavy atom. The second-order valence-corrected chi connectivity index (χ2v) is 5.65. The first-order valence-electron chi connectivity index (χ1n) is 8.70. The van der Waals surface area contributed by atoms with Gasteiger partial charge >= 0.3 is 12.0 Å². The van der Waals surface area contributed by atoms with Crippen molar-refractivity contribution in [2.24, 2.45) is 0 Å². The molecule has 0 aliphatic heterocycles. The van der Waals surface area contributed by atoms with E-state index in [2.05, 4.69) is 10.2 Å². The molecule has 8 heteroatoms. The number of ether oxygens (including phenoxy) is 2. The smallest absolute Gasteiger partial charge is 0.415 e. The van der Waals surface area contributed by atoms with Gasteiger partial charge in [0.1, 0.15) is 6.54 Å². The van der Waals surface area contributed by atoms with Crippen LogP contribution in [0.25, 0.3) is 11.5 Å². The zero-order valence-electron chi connectivity index (χ0n) is 15.3. The molecular weight excluding hydrogens is 362 g/mol. The highest BCUT2D eigenvalue weighted by atomic mass is 16.6. The zero-order valence-corrected chi connectivity index (χ0v) is 15.3. The molecular formula is C20H19N3O5. The number of esters is 1. The van der Waals surface area contributed by atoms with Gasteiger partial charge in [0.25, 0.3) is 11.8 Å². The van der Waals surface area contributed by atoms with E-state index in [1.807, 2.05) is 36.4 Å². The van der Waals surface area contributed by atoms with E-state index in [0.717, 1.165) is 5.56 Å². The summed E-state index contributed by atoms with van der Waals surface area (Å²) < 4.78 is 15.7. The van der Waals surface area contributed by atoms with Crippen molar-refractivity contribution in [1.29, 1.82) is 0 Å². The first-order valence-corrected chi connectivity index (χ1v) is 8.70. The summed E-state index contributed by atoms with van der Waals surface area (Å²) in [5, 5.41) is 7.69. The summed E-state index contributed by atoms with van der Waals surface area (Å²) in [6, 6.07) is 18.0. The van der Waals surface area contributed by atoms with Crippen LogP contribution in [0.5, 0.6) is 6.08 Å². The van der Waals surface area contributed by atoms with Crippen LogP contribution in [0.1, 0.15) is 6.92 Å². The maximum atomic E-state index is 12.6. The minimum Gasteiger partial charge on any atom is -0.465 e. The molecule has 0 radical (unpaired) electrons. The Kier molecular flexibility index (Phi) is 6.35. The van der Waals surface area contributed by atoms with Gasteiger partial charge in [-0.15, -0.1) is 5.10 Å². The van der Waals surface area contributed by atoms with Crippen molar-refractivity contribution in [3.8, 4) is 17.5 Å². The molecule has 1 heterocycles. The van der Waals surface area contributed by atoms with Crippen molar-refractivity contribution >= 4 is 17.6 Å². The number of para-hydroxylation sites is 1. The van der Waals surface area contributed by atoms with Gasteiger partial charge < -0.3 is 13.9 Å². The summed E-state index contributed by atoms with van der Waals surface area (Å²) in [5.41, 5.74) is 1.30. The molecule has 3 aromatic rings. The van der Waals surface area contributed by atoms with Crippen molar-refractivity contribution in [3.05, 3.63) is 60.7 Å². The Bertz CT molecular complexity index is 912. The van der Waals surface area contributed by atoms with Gasteiger partial charge in [-0.1, -0.05) is 41.5 Å². The quantitative estimate of drug-likeness (QED) is 0.554. The number of hydrogen-bond acceptors (Lipinski definition) is 7. The van der Waals surface area contributed by atoms with Crippen LogP contribution >= 0.6 is 0 Å². The average molecular weight is 381 g/mol. The van der Waals surface area contributed by atoms with Crippen LogP contribution < -0.4 is 9.64 Å². The molecule has 0 N–H and O–H groups in total. The predicted molar refractivity (Wildman–Crippen MR) is 101 cm³/mol. The van der Waals surface area contributed by atoms with Crippen LogP contribution in [-0.2, 0) is 14.3 Å². The third-order valence-corrected chi connectivity index (χ3v) is 3.71. The molecule has 1 aromatic heterocycles. The lowest BCUT2D eigenvalue weighted by Gasteiger charge is -2.21. The molecule has 0 atom stereocenters. The summed E-state index contributed by atoms with van der Waals surface area (Å²) in [6.45, 7) is 1.34. The van der Waals surface area contributed by atoms with Gasteiger partial charge in [0.15, 0.2) is 6.61 Å². The third-order valence-electron chi connectivity index (χ3n) is 3.71. The second-order valence-electron chi connectivity index (χ2n) is 5.65. The molecule has 28 heavy (non-hydrogen) atoms. The van der Waals surface area contributed by atoms with E-state index in [4.69, 9.17) is 13.9 Å². The Hall–Kier alpha value is -3.68. The Morgan fingerprint density at radius 2 is 1.68 bits per heavy atom. The van der Waals surface area contributed by atoms with Crippen molar-refractivity contribution < 1.29 is 23.5 Å². The van der Waals surface area contributed by atoms with Crippen LogP contribution in [0.4, 0.5) is 5.69 Å². The fourth-order valence-electron chi connectivity index (χ4n) is 2.43. The lowest BCUT2D eigenvalue weighted by molar-refractivity contribution is -0.142. The summed E-state index contributed by atoms with van der Waals surface area (Å²) >= 11 is 0. The predicted octanol–water partition coefficient (Wildman–Crippen LogP) is 2.71. The normalized spacial score (nSPS) is 10.3. The highest BCUT2D eigenvalue weighted by Gasteiger charge is 2.21. The minimum atomic E-state index is -0.510. The van der Waals surface area contributed by atoms with Gasteiger partial charge in [0.2, 0.25) is 0 Å². The van der Waals surface area contributed by atoms with E-state index in [-0.39, 0.29) is 31.7 Å². The van der Waals surface area contributed by atoms with Crippen LogP contribution in [0.2, 0.25) is 0 Å². The molecule has 1 amide bonds. The first kappa shape index (κ1) is 19.1. The maximum absolute atomic E-state index is 12.6. The van der Waals surface area contributed by atoms with Crippen molar-refractivity contribution in [3.63, 3.8) is 0 Å². The van der Waals surface area contributed by atoms with Crippen molar-refractivity contribution in [1.82, 2.24) is 10.2 Å². The molecule has 0 spiro atoms. The molecule has 3 rings (SSSR count). The number of benzene rings is 2. The zero-order chi connectivity index (χ0) is 19.8. The van der Waals surface area contributed by atoms with E-state index in [0.29, 0.717) is 5.69 Å². The summed E-state index contributed by atoms with van der Waals surface area (Å²) in [4.78, 5) is 25.8.